The highest BCUT2D eigenvalue weighted by Crippen LogP contribution is 2.40. The van der Waals surface area contributed by atoms with Crippen LogP contribution in [0, 0.1) is 6.92 Å². The molecule has 0 N–H and O–H groups in total. The lowest BCUT2D eigenvalue weighted by Gasteiger charge is -2.28. The fourth-order valence-electron chi connectivity index (χ4n) is 3.75. The second kappa shape index (κ2) is 6.64. The Morgan fingerprint density at radius 2 is 1.40 bits per heavy atom. The Kier molecular flexibility index (Phi) is 3.87. The van der Waals surface area contributed by atoms with Crippen molar-refractivity contribution >= 4 is 11.4 Å². The quantitative estimate of drug-likeness (QED) is 0.634. The van der Waals surface area contributed by atoms with E-state index in [2.05, 4.69) is 84.3 Å². The van der Waals surface area contributed by atoms with Crippen LogP contribution in [0.1, 0.15) is 25.5 Å². The first-order chi connectivity index (χ1) is 12.7. The zero-order valence-corrected chi connectivity index (χ0v) is 14.7. The van der Waals surface area contributed by atoms with Gasteiger partial charge in [0.05, 0.1) is 20.1 Å². The third-order valence-electron chi connectivity index (χ3n) is 5.03. The molecule has 126 valence electrons. The van der Waals surface area contributed by atoms with Crippen molar-refractivity contribution < 1.29 is 1.37 Å². The number of benzene rings is 3. The zero-order chi connectivity index (χ0) is 18.1. The molecule has 1 heterocycles. The number of rotatable bonds is 3. The van der Waals surface area contributed by atoms with Gasteiger partial charge in [0.2, 0.25) is 0 Å². The molecule has 4 rings (SSSR count). The zero-order valence-electron chi connectivity index (χ0n) is 15.7. The van der Waals surface area contributed by atoms with E-state index in [4.69, 9.17) is 1.37 Å². The van der Waals surface area contributed by atoms with E-state index < -0.39 is 6.64 Å². The van der Waals surface area contributed by atoms with Crippen LogP contribution in [0.4, 0.5) is 11.4 Å². The third-order valence-corrected chi connectivity index (χ3v) is 5.03. The van der Waals surface area contributed by atoms with Crippen molar-refractivity contribution in [2.24, 2.45) is 0 Å². The van der Waals surface area contributed by atoms with Gasteiger partial charge in [-0.2, -0.15) is 0 Å². The van der Waals surface area contributed by atoms with E-state index in [9.17, 15) is 0 Å². The molecule has 25 heavy (non-hydrogen) atoms. The molecule has 3 atom stereocenters. The highest BCUT2D eigenvalue weighted by atomic mass is 15.4. The highest BCUT2D eigenvalue weighted by molar-refractivity contribution is 5.61. The topological polar surface area (TPSA) is 6.48 Å². The van der Waals surface area contributed by atoms with E-state index in [1.165, 1.54) is 11.1 Å². The summed E-state index contributed by atoms with van der Waals surface area (Å²) in [6.45, 7) is 3.88. The summed E-state index contributed by atoms with van der Waals surface area (Å²) in [7, 11) is 0. The first-order valence-corrected chi connectivity index (χ1v) is 8.83. The maximum absolute atomic E-state index is 9.08. The molecule has 1 aliphatic rings. The fourth-order valence-corrected chi connectivity index (χ4v) is 3.75. The van der Waals surface area contributed by atoms with Crippen LogP contribution in [-0.2, 0) is 0 Å². The Hall–Kier alpha value is -2.74. The standard InChI is InChI=1S/C23H24N2/c1-18-11-9-10-16-22(18)24-17-25(21-14-7-4-8-15-21)23(19(24)2)20-12-5-3-6-13-20/h3-16,19,23H,17H2,1-2H3/t19-,23?/m0/s1/i17D/t17?,19-,23?. The number of hydrogen-bond acceptors (Lipinski definition) is 2. The third kappa shape index (κ3) is 2.89. The Morgan fingerprint density at radius 3 is 2.08 bits per heavy atom. The molecule has 2 unspecified atom stereocenters. The molecule has 0 amide bonds. The Morgan fingerprint density at radius 1 is 0.800 bits per heavy atom. The first-order valence-electron chi connectivity index (χ1n) is 9.41. The molecule has 3 aromatic carbocycles. The smallest absolute Gasteiger partial charge is 0.0913 e. The SMILES string of the molecule is [2H]C1N(c2ccccc2)C(c2ccccc2)[C@H](C)N1c1ccccc1C. The van der Waals surface area contributed by atoms with Crippen LogP contribution in [0.3, 0.4) is 0 Å². The second-order valence-corrected chi connectivity index (χ2v) is 6.65. The molecular formula is C23H24N2. The number of anilines is 2. The molecule has 1 aliphatic heterocycles. The van der Waals surface area contributed by atoms with Crippen molar-refractivity contribution in [2.75, 3.05) is 16.4 Å². The van der Waals surface area contributed by atoms with Crippen LogP contribution in [0.25, 0.3) is 0 Å². The predicted octanol–water partition coefficient (Wildman–Crippen LogP) is 5.41. The number of aryl methyl sites for hydroxylation is 1. The van der Waals surface area contributed by atoms with Crippen molar-refractivity contribution in [2.45, 2.75) is 25.9 Å². The van der Waals surface area contributed by atoms with Crippen molar-refractivity contribution in [3.63, 3.8) is 0 Å². The van der Waals surface area contributed by atoms with Gasteiger partial charge in [0.1, 0.15) is 0 Å². The summed E-state index contributed by atoms with van der Waals surface area (Å²) in [6.07, 6.45) is 0. The first kappa shape index (κ1) is 14.6. The molecule has 1 saturated heterocycles. The van der Waals surface area contributed by atoms with E-state index in [0.717, 1.165) is 11.4 Å². The summed E-state index contributed by atoms with van der Waals surface area (Å²) < 4.78 is 9.08. The summed E-state index contributed by atoms with van der Waals surface area (Å²) in [5.41, 5.74) is 4.68. The number of nitrogens with zero attached hydrogens (tertiary/aromatic N) is 2. The van der Waals surface area contributed by atoms with E-state index >= 15 is 0 Å². The maximum atomic E-state index is 9.08. The molecule has 1 fully saturated rings. The molecule has 0 aromatic heterocycles. The van der Waals surface area contributed by atoms with Gasteiger partial charge >= 0.3 is 0 Å². The van der Waals surface area contributed by atoms with Crippen LogP contribution in [-0.4, -0.2) is 12.7 Å². The lowest BCUT2D eigenvalue weighted by Crippen LogP contribution is -2.29. The lowest BCUT2D eigenvalue weighted by molar-refractivity contribution is 0.632. The monoisotopic (exact) mass is 329 g/mol. The van der Waals surface area contributed by atoms with Crippen molar-refractivity contribution in [1.82, 2.24) is 0 Å². The largest absolute Gasteiger partial charge is 0.348 e. The summed E-state index contributed by atoms with van der Waals surface area (Å²) in [4.78, 5) is 4.46. The normalized spacial score (nSPS) is 23.6. The highest BCUT2D eigenvalue weighted by Gasteiger charge is 2.38. The van der Waals surface area contributed by atoms with Gasteiger partial charge in [-0.3, -0.25) is 0 Å². The molecule has 0 aliphatic carbocycles. The van der Waals surface area contributed by atoms with Gasteiger partial charge in [-0.25, -0.2) is 0 Å². The van der Waals surface area contributed by atoms with Crippen LogP contribution < -0.4 is 9.80 Å². The minimum absolute atomic E-state index is 0.126. The van der Waals surface area contributed by atoms with Crippen LogP contribution in [0.5, 0.6) is 0 Å². The van der Waals surface area contributed by atoms with Gasteiger partial charge in [-0.05, 0) is 43.2 Å². The van der Waals surface area contributed by atoms with Gasteiger partial charge in [-0.15, -0.1) is 0 Å². The van der Waals surface area contributed by atoms with Crippen LogP contribution in [0.15, 0.2) is 84.9 Å². The van der Waals surface area contributed by atoms with Gasteiger partial charge in [0.25, 0.3) is 0 Å². The number of hydrogen-bond donors (Lipinski definition) is 0. The molecule has 2 heteroatoms. The average molecular weight is 329 g/mol. The van der Waals surface area contributed by atoms with Crippen LogP contribution in [0.2, 0.25) is 0 Å². The minimum Gasteiger partial charge on any atom is -0.348 e. The number of para-hydroxylation sites is 2. The van der Waals surface area contributed by atoms with E-state index in [-0.39, 0.29) is 12.1 Å². The molecule has 0 radical (unpaired) electrons. The van der Waals surface area contributed by atoms with Gasteiger partial charge in [-0.1, -0.05) is 66.7 Å². The fraction of sp³-hybridized carbons (Fsp3) is 0.217. The predicted molar refractivity (Wildman–Crippen MR) is 106 cm³/mol. The average Bonchev–Trinajstić information content (AvgIpc) is 2.94. The second-order valence-electron chi connectivity index (χ2n) is 6.65. The molecule has 0 saturated carbocycles. The molecule has 3 aromatic rings. The van der Waals surface area contributed by atoms with Gasteiger partial charge < -0.3 is 9.80 Å². The van der Waals surface area contributed by atoms with Crippen molar-refractivity contribution in [3.8, 4) is 0 Å². The summed E-state index contributed by atoms with van der Waals surface area (Å²) >= 11 is 0. The van der Waals surface area contributed by atoms with E-state index in [1.807, 2.05) is 24.3 Å². The molecule has 2 nitrogen and oxygen atoms in total. The molecule has 0 spiro atoms. The summed E-state index contributed by atoms with van der Waals surface area (Å²) in [6, 6.07) is 29.6. The van der Waals surface area contributed by atoms with Gasteiger partial charge in [0.15, 0.2) is 0 Å². The van der Waals surface area contributed by atoms with Crippen LogP contribution >= 0.6 is 0 Å². The minimum atomic E-state index is -0.473. The maximum Gasteiger partial charge on any atom is 0.0913 e. The van der Waals surface area contributed by atoms with Gasteiger partial charge in [0, 0.05) is 11.4 Å². The van der Waals surface area contributed by atoms with Crippen molar-refractivity contribution in [3.05, 3.63) is 96.1 Å². The Bertz CT molecular complexity index is 814. The van der Waals surface area contributed by atoms with E-state index in [0.29, 0.717) is 0 Å². The molecular weight excluding hydrogens is 304 g/mol. The lowest BCUT2D eigenvalue weighted by atomic mass is 9.99. The van der Waals surface area contributed by atoms with Crippen molar-refractivity contribution in [1.29, 1.82) is 0 Å². The van der Waals surface area contributed by atoms with E-state index in [1.54, 1.807) is 0 Å². The Labute approximate surface area is 151 Å². The summed E-state index contributed by atoms with van der Waals surface area (Å²) in [5.74, 6) is 0. The molecule has 0 bridgehead atoms. The summed E-state index contributed by atoms with van der Waals surface area (Å²) in [5, 5.41) is 0. The Balaban J connectivity index is 1.84.